The normalized spacial score (nSPS) is 8.86. The second kappa shape index (κ2) is 5.47. The van der Waals surface area contributed by atoms with Crippen LogP contribution in [0.1, 0.15) is 20.7 Å². The summed E-state index contributed by atoms with van der Waals surface area (Å²) in [4.78, 5) is 21.1. The average molecular weight is 221 g/mol. The molecule has 14 heavy (non-hydrogen) atoms. The molecule has 0 unspecified atom stereocenters. The van der Waals surface area contributed by atoms with Gasteiger partial charge in [0, 0.05) is 5.69 Å². The summed E-state index contributed by atoms with van der Waals surface area (Å²) in [6.07, 6.45) is 0. The van der Waals surface area contributed by atoms with E-state index in [0.717, 1.165) is 6.07 Å². The van der Waals surface area contributed by atoms with Gasteiger partial charge in [-0.15, -0.1) is 0 Å². The second-order valence-electron chi connectivity index (χ2n) is 2.42. The van der Waals surface area contributed by atoms with Crippen molar-refractivity contribution in [3.8, 4) is 0 Å². The maximum atomic E-state index is 10.6. The third-order valence-electron chi connectivity index (χ3n) is 1.50. The van der Waals surface area contributed by atoms with E-state index in [2.05, 4.69) is 0 Å². The van der Waals surface area contributed by atoms with Crippen LogP contribution in [-0.4, -0.2) is 73.5 Å². The zero-order valence-corrected chi connectivity index (χ0v) is 6.52. The van der Waals surface area contributed by atoms with E-state index in [0.29, 0.717) is 0 Å². The van der Waals surface area contributed by atoms with E-state index in [1.807, 2.05) is 0 Å². The summed E-state index contributed by atoms with van der Waals surface area (Å²) in [5.74, 6) is -2.58. The van der Waals surface area contributed by atoms with Gasteiger partial charge in [0.25, 0.3) is 0 Å². The van der Waals surface area contributed by atoms with E-state index in [1.165, 1.54) is 12.1 Å². The van der Waals surface area contributed by atoms with Gasteiger partial charge in [-0.3, -0.25) is 0 Å². The van der Waals surface area contributed by atoms with Crippen LogP contribution in [-0.2, 0) is 0 Å². The van der Waals surface area contributed by atoms with Crippen LogP contribution in [0, 0.1) is 0 Å². The molecule has 0 aliphatic heterocycles. The van der Waals surface area contributed by atoms with E-state index in [1.54, 1.807) is 0 Å². The number of carboxylic acid groups (broad SMARTS) is 2. The number of anilines is 1. The molecule has 0 atom stereocenters. The van der Waals surface area contributed by atoms with Gasteiger partial charge in [-0.05, 0) is 18.2 Å². The fraction of sp³-hybridized carbons (Fsp3) is 0. The van der Waals surface area contributed by atoms with Crippen LogP contribution in [0.2, 0.25) is 0 Å². The molecule has 0 amide bonds. The van der Waals surface area contributed by atoms with Gasteiger partial charge < -0.3 is 15.9 Å². The molecular weight excluding hydrogens is 213 g/mol. The number of rotatable bonds is 2. The number of aromatic carboxylic acids is 2. The first kappa shape index (κ1) is 13.6. The molecule has 0 radical (unpaired) electrons. The molecule has 0 saturated heterocycles. The van der Waals surface area contributed by atoms with Gasteiger partial charge in [0.15, 0.2) is 0 Å². The maximum absolute atomic E-state index is 10.6. The molecule has 0 bridgehead atoms. The monoisotopic (exact) mass is 221 g/mol. The quantitative estimate of drug-likeness (QED) is 0.482. The van der Waals surface area contributed by atoms with Gasteiger partial charge in [0.2, 0.25) is 0 Å². The average Bonchev–Trinajstić information content (AvgIpc) is 2.03. The number of nitrogens with two attached hydrogens (primary N) is 1. The predicted molar refractivity (Wildman–Crippen MR) is 51.9 cm³/mol. The Morgan fingerprint density at radius 2 is 1.57 bits per heavy atom. The van der Waals surface area contributed by atoms with Gasteiger partial charge in [-0.2, -0.15) is 0 Å². The minimum atomic E-state index is -1.30. The zero-order chi connectivity index (χ0) is 10.0. The van der Waals surface area contributed by atoms with Crippen molar-refractivity contribution in [2.45, 2.75) is 0 Å². The van der Waals surface area contributed by atoms with E-state index in [4.69, 9.17) is 15.9 Å². The first-order valence-electron chi connectivity index (χ1n) is 3.38. The molecule has 0 spiro atoms. The van der Waals surface area contributed by atoms with Crippen LogP contribution in [0.15, 0.2) is 18.2 Å². The molecular formula is C8H8KNO4. The van der Waals surface area contributed by atoms with E-state index >= 15 is 0 Å². The molecule has 4 N–H and O–H groups in total. The van der Waals surface area contributed by atoms with Crippen LogP contribution in [0.4, 0.5) is 5.69 Å². The first-order valence-corrected chi connectivity index (χ1v) is 3.38. The van der Waals surface area contributed by atoms with Crippen LogP contribution >= 0.6 is 0 Å². The molecule has 0 fully saturated rings. The molecule has 1 aromatic rings. The van der Waals surface area contributed by atoms with Crippen molar-refractivity contribution in [1.82, 2.24) is 0 Å². The molecule has 6 heteroatoms. The number of carbonyl (C=O) groups is 2. The molecule has 0 aliphatic rings. The standard InChI is InChI=1S/C8H7NO4.K.H/c9-4-1-2-5(7(10)11)6(3-4)8(12)13;;/h1-3H,9H2,(H,10,11)(H,12,13);;. The van der Waals surface area contributed by atoms with Crippen molar-refractivity contribution in [1.29, 1.82) is 0 Å². The van der Waals surface area contributed by atoms with Crippen molar-refractivity contribution in [2.75, 3.05) is 5.73 Å². The van der Waals surface area contributed by atoms with E-state index in [-0.39, 0.29) is 68.2 Å². The molecule has 1 aromatic carbocycles. The SMILES string of the molecule is Nc1ccc(C(=O)O)c(C(=O)O)c1.[KH]. The number of carboxylic acids is 2. The van der Waals surface area contributed by atoms with Crippen LogP contribution < -0.4 is 5.73 Å². The fourth-order valence-electron chi connectivity index (χ4n) is 0.925. The summed E-state index contributed by atoms with van der Waals surface area (Å²) >= 11 is 0. The molecule has 1 rings (SSSR count). The van der Waals surface area contributed by atoms with Crippen molar-refractivity contribution in [3.05, 3.63) is 29.3 Å². The van der Waals surface area contributed by atoms with Crippen LogP contribution in [0.3, 0.4) is 0 Å². The Hall–Kier alpha value is -0.404. The molecule has 0 saturated carbocycles. The van der Waals surface area contributed by atoms with Crippen LogP contribution in [0.25, 0.3) is 0 Å². The third kappa shape index (κ3) is 3.07. The first-order chi connectivity index (χ1) is 6.02. The Bertz CT molecular complexity index is 378. The minimum absolute atomic E-state index is 0. The second-order valence-corrected chi connectivity index (χ2v) is 2.42. The Labute approximate surface area is 122 Å². The predicted octanol–water partition coefficient (Wildman–Crippen LogP) is 0.0167. The van der Waals surface area contributed by atoms with Gasteiger partial charge in [0.05, 0.1) is 11.1 Å². The van der Waals surface area contributed by atoms with Gasteiger partial charge in [-0.25, -0.2) is 9.59 Å². The Morgan fingerprint density at radius 1 is 1.07 bits per heavy atom. The van der Waals surface area contributed by atoms with Gasteiger partial charge >= 0.3 is 63.3 Å². The molecule has 5 nitrogen and oxygen atoms in total. The van der Waals surface area contributed by atoms with E-state index in [9.17, 15) is 9.59 Å². The van der Waals surface area contributed by atoms with Gasteiger partial charge in [0.1, 0.15) is 0 Å². The topological polar surface area (TPSA) is 101 Å². The van der Waals surface area contributed by atoms with Gasteiger partial charge in [-0.1, -0.05) is 0 Å². The number of hydrogen-bond acceptors (Lipinski definition) is 3. The molecule has 0 heterocycles. The number of nitrogen functional groups attached to an aromatic ring is 1. The van der Waals surface area contributed by atoms with Crippen molar-refractivity contribution in [3.63, 3.8) is 0 Å². The Balaban J connectivity index is 0.00000169. The molecule has 70 valence electrons. The third-order valence-corrected chi connectivity index (χ3v) is 1.50. The summed E-state index contributed by atoms with van der Waals surface area (Å²) in [5.41, 5.74) is 4.97. The molecule has 0 aromatic heterocycles. The van der Waals surface area contributed by atoms with Crippen LogP contribution in [0.5, 0.6) is 0 Å². The summed E-state index contributed by atoms with van der Waals surface area (Å²) in [6, 6.07) is 3.63. The van der Waals surface area contributed by atoms with Crippen molar-refractivity contribution in [2.24, 2.45) is 0 Å². The summed E-state index contributed by atoms with van der Waals surface area (Å²) < 4.78 is 0. The fourth-order valence-corrected chi connectivity index (χ4v) is 0.925. The van der Waals surface area contributed by atoms with Crippen molar-refractivity contribution >= 4 is 69.0 Å². The Morgan fingerprint density at radius 3 is 2.00 bits per heavy atom. The number of hydrogen-bond donors (Lipinski definition) is 3. The summed E-state index contributed by atoms with van der Waals surface area (Å²) in [6.45, 7) is 0. The van der Waals surface area contributed by atoms with Crippen molar-refractivity contribution < 1.29 is 19.8 Å². The molecule has 0 aliphatic carbocycles. The summed E-state index contributed by atoms with van der Waals surface area (Å²) in [7, 11) is 0. The zero-order valence-electron chi connectivity index (χ0n) is 6.52. The summed E-state index contributed by atoms with van der Waals surface area (Å²) in [5, 5.41) is 17.2. The van der Waals surface area contributed by atoms with E-state index < -0.39 is 11.9 Å². The Kier molecular flexibility index (Phi) is 5.31. The number of benzene rings is 1.